The Balaban J connectivity index is 0. The SMILES string of the molecule is CC.CC(=O)N1CCCCC1C(=O)O.CC(C)(C=O)CCCc1ccccc1.CCC(C)(C)C=O. The molecule has 0 radical (unpaired) electrons. The van der Waals surface area contributed by atoms with E-state index in [9.17, 15) is 19.2 Å². The van der Waals surface area contributed by atoms with E-state index in [1.165, 1.54) is 17.4 Å². The lowest BCUT2D eigenvalue weighted by Crippen LogP contribution is -2.46. The summed E-state index contributed by atoms with van der Waals surface area (Å²) in [5.74, 6) is -1.02. The van der Waals surface area contributed by atoms with E-state index in [-0.39, 0.29) is 16.7 Å². The van der Waals surface area contributed by atoms with Crippen molar-refractivity contribution in [1.82, 2.24) is 4.90 Å². The van der Waals surface area contributed by atoms with Gasteiger partial charge in [0.2, 0.25) is 5.91 Å². The van der Waals surface area contributed by atoms with E-state index >= 15 is 0 Å². The van der Waals surface area contributed by atoms with Gasteiger partial charge in [0.25, 0.3) is 0 Å². The third-order valence-corrected chi connectivity index (χ3v) is 5.87. The second kappa shape index (κ2) is 18.8. The molecule has 2 rings (SSSR count). The Hall–Kier alpha value is -2.50. The van der Waals surface area contributed by atoms with Crippen molar-refractivity contribution in [1.29, 1.82) is 0 Å². The maximum absolute atomic E-state index is 11.0. The van der Waals surface area contributed by atoms with Crippen molar-refractivity contribution >= 4 is 24.4 Å². The van der Waals surface area contributed by atoms with Crippen LogP contribution < -0.4 is 0 Å². The molecule has 6 nitrogen and oxygen atoms in total. The highest BCUT2D eigenvalue weighted by molar-refractivity contribution is 5.82. The van der Waals surface area contributed by atoms with Crippen LogP contribution >= 0.6 is 0 Å². The first-order valence-corrected chi connectivity index (χ1v) is 12.9. The molecule has 1 aromatic rings. The zero-order chi connectivity index (χ0) is 27.5. The number of carboxylic acid groups (broad SMARTS) is 1. The molecule has 1 heterocycles. The van der Waals surface area contributed by atoms with Crippen LogP contribution in [0.4, 0.5) is 0 Å². The number of nitrogens with zero attached hydrogens (tertiary/aromatic N) is 1. The van der Waals surface area contributed by atoms with E-state index in [2.05, 4.69) is 24.3 Å². The van der Waals surface area contributed by atoms with Crippen molar-refractivity contribution in [2.24, 2.45) is 10.8 Å². The molecular formula is C29H49NO5. The quantitative estimate of drug-likeness (QED) is 0.428. The largest absolute Gasteiger partial charge is 0.480 e. The number of carbonyl (C=O) groups excluding carboxylic acids is 3. The normalized spacial score (nSPS) is 15.1. The molecule has 0 spiro atoms. The summed E-state index contributed by atoms with van der Waals surface area (Å²) in [5.41, 5.74) is 1.10. The number of amides is 1. The molecule has 1 aliphatic rings. The zero-order valence-electron chi connectivity index (χ0n) is 23.3. The lowest BCUT2D eigenvalue weighted by Gasteiger charge is -2.31. The lowest BCUT2D eigenvalue weighted by atomic mass is 9.88. The zero-order valence-corrected chi connectivity index (χ0v) is 23.3. The second-order valence-corrected chi connectivity index (χ2v) is 9.97. The summed E-state index contributed by atoms with van der Waals surface area (Å²) >= 11 is 0. The number of carbonyl (C=O) groups is 4. The molecule has 1 aromatic carbocycles. The van der Waals surface area contributed by atoms with Crippen LogP contribution in [0.2, 0.25) is 0 Å². The Kier molecular flexibility index (Phi) is 18.6. The molecule has 1 amide bonds. The number of benzene rings is 1. The van der Waals surface area contributed by atoms with Gasteiger partial charge < -0.3 is 19.6 Å². The van der Waals surface area contributed by atoms with Crippen LogP contribution in [0.15, 0.2) is 30.3 Å². The summed E-state index contributed by atoms with van der Waals surface area (Å²) in [6, 6.07) is 9.82. The van der Waals surface area contributed by atoms with Crippen molar-refractivity contribution in [3.8, 4) is 0 Å². The molecule has 200 valence electrons. The Morgan fingerprint density at radius 2 is 1.54 bits per heavy atom. The average molecular weight is 492 g/mol. The Labute approximate surface area is 213 Å². The number of likely N-dealkylation sites (tertiary alicyclic amines) is 1. The van der Waals surface area contributed by atoms with E-state index < -0.39 is 12.0 Å². The third-order valence-electron chi connectivity index (χ3n) is 5.87. The number of aliphatic carboxylic acids is 1. The standard InChI is InChI=1S/C13H18O.C8H13NO3.C6H12O.C2H6/c1-13(2,11-14)10-6-9-12-7-4-3-5-8-12;1-6(10)9-5-3-2-4-7(9)8(11)12;1-4-6(2,3)5-7;1-2/h3-5,7-8,11H,6,9-10H2,1-2H3;7H,2-5H2,1H3,(H,11,12);5H,4H2,1-3H3;1-2H3. The van der Waals surface area contributed by atoms with Crippen LogP contribution in [0.1, 0.15) is 99.5 Å². The molecule has 0 bridgehead atoms. The summed E-state index contributed by atoms with van der Waals surface area (Å²) in [4.78, 5) is 43.8. The van der Waals surface area contributed by atoms with Gasteiger partial charge in [-0.25, -0.2) is 4.79 Å². The van der Waals surface area contributed by atoms with Crippen molar-refractivity contribution in [3.05, 3.63) is 35.9 Å². The molecule has 0 aromatic heterocycles. The number of rotatable bonds is 8. The highest BCUT2D eigenvalue weighted by atomic mass is 16.4. The molecule has 1 N–H and O–H groups in total. The Morgan fingerprint density at radius 3 is 1.91 bits per heavy atom. The van der Waals surface area contributed by atoms with Gasteiger partial charge in [-0.05, 0) is 50.5 Å². The molecular weight excluding hydrogens is 442 g/mol. The lowest BCUT2D eigenvalue weighted by molar-refractivity contribution is -0.151. The molecule has 1 aliphatic heterocycles. The molecule has 6 heteroatoms. The van der Waals surface area contributed by atoms with Crippen molar-refractivity contribution < 1.29 is 24.3 Å². The fourth-order valence-electron chi connectivity index (χ4n) is 3.10. The number of hydrogen-bond donors (Lipinski definition) is 1. The minimum absolute atomic E-state index is 0.0972. The van der Waals surface area contributed by atoms with E-state index in [0.717, 1.165) is 51.1 Å². The van der Waals surface area contributed by atoms with E-state index in [4.69, 9.17) is 5.11 Å². The molecule has 1 unspecified atom stereocenters. The van der Waals surface area contributed by atoms with Gasteiger partial charge in [-0.2, -0.15) is 0 Å². The van der Waals surface area contributed by atoms with E-state index in [1.807, 2.05) is 54.5 Å². The predicted octanol–water partition coefficient (Wildman–Crippen LogP) is 6.35. The first-order valence-electron chi connectivity index (χ1n) is 12.9. The number of aldehydes is 2. The maximum Gasteiger partial charge on any atom is 0.326 e. The van der Waals surface area contributed by atoms with Crippen LogP contribution in [0, 0.1) is 10.8 Å². The fourth-order valence-corrected chi connectivity index (χ4v) is 3.10. The van der Waals surface area contributed by atoms with Gasteiger partial charge in [-0.1, -0.05) is 78.8 Å². The fraction of sp³-hybridized carbons (Fsp3) is 0.655. The highest BCUT2D eigenvalue weighted by Gasteiger charge is 2.29. The molecule has 1 saturated heterocycles. The maximum atomic E-state index is 11.0. The summed E-state index contributed by atoms with van der Waals surface area (Å²) in [6.45, 7) is 15.9. The van der Waals surface area contributed by atoms with Gasteiger partial charge in [0.15, 0.2) is 0 Å². The van der Waals surface area contributed by atoms with Crippen LogP contribution in [0.3, 0.4) is 0 Å². The summed E-state index contributed by atoms with van der Waals surface area (Å²) in [7, 11) is 0. The first kappa shape index (κ1) is 34.7. The molecule has 1 fully saturated rings. The van der Waals surface area contributed by atoms with Gasteiger partial charge in [0.1, 0.15) is 18.6 Å². The topological polar surface area (TPSA) is 91.8 Å². The number of aryl methyl sites for hydroxylation is 1. The number of hydrogen-bond acceptors (Lipinski definition) is 4. The van der Waals surface area contributed by atoms with Gasteiger partial charge in [-0.3, -0.25) is 4.79 Å². The van der Waals surface area contributed by atoms with Crippen molar-refractivity contribution in [2.75, 3.05) is 6.54 Å². The van der Waals surface area contributed by atoms with Gasteiger partial charge >= 0.3 is 5.97 Å². The predicted molar refractivity (Wildman–Crippen MR) is 143 cm³/mol. The smallest absolute Gasteiger partial charge is 0.326 e. The summed E-state index contributed by atoms with van der Waals surface area (Å²) in [6.07, 6.45) is 8.50. The highest BCUT2D eigenvalue weighted by Crippen LogP contribution is 2.20. The van der Waals surface area contributed by atoms with Crippen molar-refractivity contribution in [3.63, 3.8) is 0 Å². The minimum atomic E-state index is -0.884. The molecule has 1 atom stereocenters. The van der Waals surface area contributed by atoms with E-state index in [1.54, 1.807) is 0 Å². The van der Waals surface area contributed by atoms with Crippen LogP contribution in [-0.2, 0) is 25.6 Å². The second-order valence-electron chi connectivity index (χ2n) is 9.97. The number of piperidine rings is 1. The summed E-state index contributed by atoms with van der Waals surface area (Å²) in [5, 5.41) is 8.76. The van der Waals surface area contributed by atoms with E-state index in [0.29, 0.717) is 13.0 Å². The van der Waals surface area contributed by atoms with Gasteiger partial charge in [0, 0.05) is 24.3 Å². The first-order chi connectivity index (χ1) is 16.4. The average Bonchev–Trinajstić information content (AvgIpc) is 2.86. The Bertz CT molecular complexity index is 706. The van der Waals surface area contributed by atoms with Crippen molar-refractivity contribution in [2.45, 2.75) is 106 Å². The molecule has 0 aliphatic carbocycles. The summed E-state index contributed by atoms with van der Waals surface area (Å²) < 4.78 is 0. The van der Waals surface area contributed by atoms with Gasteiger partial charge in [-0.15, -0.1) is 0 Å². The third kappa shape index (κ3) is 16.7. The Morgan fingerprint density at radius 1 is 1.00 bits per heavy atom. The van der Waals surface area contributed by atoms with Crippen LogP contribution in [0.5, 0.6) is 0 Å². The minimum Gasteiger partial charge on any atom is -0.480 e. The van der Waals surface area contributed by atoms with Gasteiger partial charge in [0.05, 0.1) is 0 Å². The molecule has 35 heavy (non-hydrogen) atoms. The number of carboxylic acids is 1. The van der Waals surface area contributed by atoms with Crippen LogP contribution in [-0.4, -0.2) is 47.0 Å². The monoisotopic (exact) mass is 491 g/mol. The van der Waals surface area contributed by atoms with Crippen LogP contribution in [0.25, 0.3) is 0 Å². The molecule has 0 saturated carbocycles.